The Morgan fingerprint density at radius 2 is 1.36 bits per heavy atom. The van der Waals surface area contributed by atoms with Crippen LogP contribution in [0.3, 0.4) is 0 Å². The Labute approximate surface area is 244 Å². The van der Waals surface area contributed by atoms with Crippen molar-refractivity contribution in [3.8, 4) is 0 Å². The minimum absolute atomic E-state index is 0.0934. The van der Waals surface area contributed by atoms with E-state index in [1.165, 1.54) is 0 Å². The predicted molar refractivity (Wildman–Crippen MR) is 163 cm³/mol. The van der Waals surface area contributed by atoms with Crippen LogP contribution in [0.4, 0.5) is 0 Å². The number of aromatic nitrogens is 3. The van der Waals surface area contributed by atoms with Gasteiger partial charge in [0, 0.05) is 37.4 Å². The lowest BCUT2D eigenvalue weighted by Gasteiger charge is -2.42. The fourth-order valence-corrected chi connectivity index (χ4v) is 6.60. The molecule has 4 heterocycles. The van der Waals surface area contributed by atoms with Crippen LogP contribution in [0, 0.1) is 0 Å². The number of pyridine rings is 1. The summed E-state index contributed by atoms with van der Waals surface area (Å²) in [7, 11) is 0. The SMILES string of the molecule is CC1CN(C(=O)[C@@H]2CN2C(c2ccccc2)(c2ccccc2)c2ccccc2)CCN1n1c(=O)ncc2cccnc21. The van der Waals surface area contributed by atoms with E-state index in [0.29, 0.717) is 31.8 Å². The fraction of sp³-hybridized carbons (Fsp3) is 0.235. The third-order valence-corrected chi connectivity index (χ3v) is 8.58. The maximum atomic E-state index is 14.2. The van der Waals surface area contributed by atoms with Gasteiger partial charge in [-0.1, -0.05) is 91.0 Å². The molecule has 5 aromatic rings. The van der Waals surface area contributed by atoms with E-state index < -0.39 is 5.54 Å². The molecule has 42 heavy (non-hydrogen) atoms. The van der Waals surface area contributed by atoms with E-state index in [4.69, 9.17) is 0 Å². The molecule has 2 aromatic heterocycles. The van der Waals surface area contributed by atoms with E-state index in [1.54, 1.807) is 17.1 Å². The van der Waals surface area contributed by atoms with Crippen LogP contribution in [0.1, 0.15) is 23.6 Å². The van der Waals surface area contributed by atoms with E-state index >= 15 is 0 Å². The molecular weight excluding hydrogens is 524 g/mol. The molecule has 0 spiro atoms. The van der Waals surface area contributed by atoms with Gasteiger partial charge in [-0.25, -0.2) is 9.78 Å². The Morgan fingerprint density at radius 3 is 1.93 bits per heavy atom. The molecular formula is C34H32N6O2. The number of nitrogens with zero attached hydrogens (tertiary/aromatic N) is 6. The minimum Gasteiger partial charge on any atom is -0.337 e. The van der Waals surface area contributed by atoms with Gasteiger partial charge in [0.1, 0.15) is 6.04 Å². The number of fused-ring (bicyclic) bond motifs is 1. The molecule has 7 rings (SSSR count). The molecule has 0 aliphatic carbocycles. The molecule has 8 heteroatoms. The van der Waals surface area contributed by atoms with Crippen molar-refractivity contribution < 1.29 is 4.79 Å². The average Bonchev–Trinajstić information content (AvgIpc) is 3.84. The number of hydrogen-bond acceptors (Lipinski definition) is 6. The van der Waals surface area contributed by atoms with Gasteiger partial charge in [0.05, 0.1) is 18.1 Å². The Bertz CT molecular complexity index is 1680. The van der Waals surface area contributed by atoms with Crippen molar-refractivity contribution in [1.82, 2.24) is 24.4 Å². The van der Waals surface area contributed by atoms with E-state index in [2.05, 4.69) is 87.7 Å². The van der Waals surface area contributed by atoms with Gasteiger partial charge in [0.25, 0.3) is 0 Å². The van der Waals surface area contributed by atoms with Crippen LogP contribution in [-0.2, 0) is 10.3 Å². The highest BCUT2D eigenvalue weighted by molar-refractivity contribution is 5.86. The summed E-state index contributed by atoms with van der Waals surface area (Å²) >= 11 is 0. The summed E-state index contributed by atoms with van der Waals surface area (Å²) in [5.41, 5.74) is 3.00. The quantitative estimate of drug-likeness (QED) is 0.235. The van der Waals surface area contributed by atoms with Gasteiger partial charge >= 0.3 is 5.69 Å². The van der Waals surface area contributed by atoms with E-state index in [-0.39, 0.29) is 23.7 Å². The smallest absolute Gasteiger partial charge is 0.337 e. The van der Waals surface area contributed by atoms with Gasteiger partial charge < -0.3 is 9.91 Å². The third kappa shape index (κ3) is 4.26. The van der Waals surface area contributed by atoms with Crippen LogP contribution in [-0.4, -0.2) is 68.6 Å². The minimum atomic E-state index is -0.606. The number of rotatable bonds is 6. The van der Waals surface area contributed by atoms with Crippen LogP contribution >= 0.6 is 0 Å². The molecule has 3 atom stereocenters. The van der Waals surface area contributed by atoms with Crippen molar-refractivity contribution in [1.29, 1.82) is 0 Å². The van der Waals surface area contributed by atoms with E-state index in [9.17, 15) is 9.59 Å². The Morgan fingerprint density at radius 1 is 0.762 bits per heavy atom. The van der Waals surface area contributed by atoms with Gasteiger partial charge in [-0.2, -0.15) is 9.66 Å². The Balaban J connectivity index is 1.20. The van der Waals surface area contributed by atoms with Crippen LogP contribution in [0.15, 0.2) is 120 Å². The lowest BCUT2D eigenvalue weighted by Crippen LogP contribution is -2.61. The molecule has 8 nitrogen and oxygen atoms in total. The van der Waals surface area contributed by atoms with Crippen LogP contribution in [0.25, 0.3) is 11.0 Å². The zero-order valence-corrected chi connectivity index (χ0v) is 23.5. The van der Waals surface area contributed by atoms with Crippen LogP contribution in [0.5, 0.6) is 0 Å². The van der Waals surface area contributed by atoms with Gasteiger partial charge in [0.2, 0.25) is 5.91 Å². The maximum Gasteiger partial charge on any atom is 0.368 e. The first-order valence-electron chi connectivity index (χ1n) is 14.4. The summed E-state index contributed by atoms with van der Waals surface area (Å²) in [6.45, 7) is 4.23. The summed E-state index contributed by atoms with van der Waals surface area (Å²) in [5.74, 6) is 0.121. The van der Waals surface area contributed by atoms with Crippen molar-refractivity contribution >= 4 is 16.9 Å². The molecule has 3 aromatic carbocycles. The number of carbonyl (C=O) groups excluding carboxylic acids is 1. The van der Waals surface area contributed by atoms with Gasteiger partial charge in [-0.3, -0.25) is 9.69 Å². The monoisotopic (exact) mass is 556 g/mol. The molecule has 2 aliphatic rings. The number of carbonyl (C=O) groups is 1. The summed E-state index contributed by atoms with van der Waals surface area (Å²) < 4.78 is 1.57. The van der Waals surface area contributed by atoms with Gasteiger partial charge in [-0.05, 0) is 35.7 Å². The molecule has 1 amide bonds. The zero-order valence-electron chi connectivity index (χ0n) is 23.5. The standard InChI is InChI=1S/C34H32N6O2/c1-25-23-37(20-21-39(25)40-31-26(12-11-19-35-31)22-36-33(40)42)32(41)30-24-38(30)34(27-13-5-2-6-14-27,28-15-7-3-8-16-28)29-17-9-4-10-18-29/h2-19,22,25,30H,20-21,23-24H2,1H3/t25?,30-,38?/m0/s1. The summed E-state index contributed by atoms with van der Waals surface area (Å²) in [5, 5.41) is 2.79. The summed E-state index contributed by atoms with van der Waals surface area (Å²) in [6, 6.07) is 34.8. The second-order valence-corrected chi connectivity index (χ2v) is 11.0. The van der Waals surface area contributed by atoms with E-state index in [1.807, 2.05) is 47.2 Å². The van der Waals surface area contributed by atoms with E-state index in [0.717, 1.165) is 22.1 Å². The number of hydrogen-bond donors (Lipinski definition) is 0. The fourth-order valence-electron chi connectivity index (χ4n) is 6.60. The molecule has 0 radical (unpaired) electrons. The van der Waals surface area contributed by atoms with Crippen molar-refractivity contribution in [2.24, 2.45) is 0 Å². The largest absolute Gasteiger partial charge is 0.368 e. The molecule has 2 saturated heterocycles. The first kappa shape index (κ1) is 26.1. The number of piperazine rings is 1. The normalized spacial score (nSPS) is 20.5. The second kappa shape index (κ2) is 10.5. The third-order valence-electron chi connectivity index (χ3n) is 8.58. The summed E-state index contributed by atoms with van der Waals surface area (Å²) in [6.07, 6.45) is 3.24. The lowest BCUT2D eigenvalue weighted by atomic mass is 9.76. The Hall–Kier alpha value is -4.82. The molecule has 2 unspecified atom stereocenters. The highest BCUT2D eigenvalue weighted by Gasteiger charge is 2.57. The molecule has 210 valence electrons. The van der Waals surface area contributed by atoms with Gasteiger partial charge in [-0.15, -0.1) is 0 Å². The molecule has 2 fully saturated rings. The first-order valence-corrected chi connectivity index (χ1v) is 14.4. The zero-order chi connectivity index (χ0) is 28.7. The predicted octanol–water partition coefficient (Wildman–Crippen LogP) is 3.64. The second-order valence-electron chi connectivity index (χ2n) is 11.0. The van der Waals surface area contributed by atoms with Crippen molar-refractivity contribution in [2.45, 2.75) is 24.5 Å². The molecule has 0 bridgehead atoms. The van der Waals surface area contributed by atoms with Crippen molar-refractivity contribution in [2.75, 3.05) is 31.2 Å². The topological polar surface area (TPSA) is 74.3 Å². The number of amides is 1. The highest BCUT2D eigenvalue weighted by atomic mass is 16.2. The van der Waals surface area contributed by atoms with Crippen LogP contribution in [0.2, 0.25) is 0 Å². The average molecular weight is 557 g/mol. The molecule has 0 saturated carbocycles. The first-order chi connectivity index (χ1) is 20.6. The van der Waals surface area contributed by atoms with Gasteiger partial charge in [0.15, 0.2) is 5.65 Å². The Kier molecular flexibility index (Phi) is 6.55. The lowest BCUT2D eigenvalue weighted by molar-refractivity contribution is -0.132. The molecule has 0 N–H and O–H groups in total. The number of benzene rings is 3. The summed E-state index contributed by atoms with van der Waals surface area (Å²) in [4.78, 5) is 39.8. The van der Waals surface area contributed by atoms with Crippen molar-refractivity contribution in [3.05, 3.63) is 143 Å². The molecule has 2 aliphatic heterocycles. The highest BCUT2D eigenvalue weighted by Crippen LogP contribution is 2.48. The van der Waals surface area contributed by atoms with Crippen LogP contribution < -0.4 is 10.7 Å². The van der Waals surface area contributed by atoms with Crippen molar-refractivity contribution in [3.63, 3.8) is 0 Å². The maximum absolute atomic E-state index is 14.2.